The third-order valence-electron chi connectivity index (χ3n) is 3.91. The van der Waals surface area contributed by atoms with Crippen molar-refractivity contribution in [2.75, 3.05) is 0 Å². The van der Waals surface area contributed by atoms with Crippen LogP contribution in [0.3, 0.4) is 0 Å². The van der Waals surface area contributed by atoms with Crippen molar-refractivity contribution in [2.24, 2.45) is 5.92 Å². The zero-order valence-electron chi connectivity index (χ0n) is 13.6. The summed E-state index contributed by atoms with van der Waals surface area (Å²) in [6.45, 7) is 6.30. The van der Waals surface area contributed by atoms with Crippen molar-refractivity contribution in [1.82, 2.24) is 14.7 Å². The Kier molecular flexibility index (Phi) is 4.48. The van der Waals surface area contributed by atoms with Gasteiger partial charge in [0.1, 0.15) is 4.88 Å². The molecule has 0 saturated heterocycles. The number of aryl methyl sites for hydroxylation is 1. The van der Waals surface area contributed by atoms with E-state index in [9.17, 15) is 4.79 Å². The van der Waals surface area contributed by atoms with Gasteiger partial charge in [-0.3, -0.25) is 9.20 Å². The number of fused-ring (bicyclic) bond motifs is 1. The fourth-order valence-electron chi connectivity index (χ4n) is 2.76. The van der Waals surface area contributed by atoms with Gasteiger partial charge in [0.15, 0.2) is 4.96 Å². The number of amides is 1. The standard InChI is InChI=1S/C18H21N3OS/c1-12(2)11-15(14-7-5-4-6-8-14)20-17(22)16-13(3)21-10-9-19-18(21)23-16/h4-10,12,15H,11H2,1-3H3,(H,20,22)/t15-/m1/s1. The third-order valence-corrected chi connectivity index (χ3v) is 5.08. The van der Waals surface area contributed by atoms with Crippen LogP contribution < -0.4 is 5.32 Å². The van der Waals surface area contributed by atoms with Crippen LogP contribution in [0.4, 0.5) is 0 Å². The van der Waals surface area contributed by atoms with Crippen molar-refractivity contribution < 1.29 is 4.79 Å². The van der Waals surface area contributed by atoms with Crippen LogP contribution in [-0.2, 0) is 0 Å². The molecule has 0 radical (unpaired) electrons. The van der Waals surface area contributed by atoms with E-state index in [2.05, 4.69) is 36.3 Å². The molecule has 5 heteroatoms. The summed E-state index contributed by atoms with van der Waals surface area (Å²) < 4.78 is 1.96. The van der Waals surface area contributed by atoms with Crippen LogP contribution in [0.25, 0.3) is 4.96 Å². The number of nitrogens with one attached hydrogen (secondary N) is 1. The Morgan fingerprint density at radius 1 is 1.30 bits per heavy atom. The van der Waals surface area contributed by atoms with Crippen molar-refractivity contribution in [3.8, 4) is 0 Å². The highest BCUT2D eigenvalue weighted by Gasteiger charge is 2.21. The summed E-state index contributed by atoms with van der Waals surface area (Å²) in [7, 11) is 0. The monoisotopic (exact) mass is 327 g/mol. The molecule has 0 spiro atoms. The summed E-state index contributed by atoms with van der Waals surface area (Å²) in [6.07, 6.45) is 4.56. The fourth-order valence-corrected chi connectivity index (χ4v) is 3.75. The summed E-state index contributed by atoms with van der Waals surface area (Å²) in [6, 6.07) is 10.2. The lowest BCUT2D eigenvalue weighted by Crippen LogP contribution is -2.29. The summed E-state index contributed by atoms with van der Waals surface area (Å²) in [5.41, 5.74) is 2.09. The van der Waals surface area contributed by atoms with Crippen LogP contribution in [0.5, 0.6) is 0 Å². The van der Waals surface area contributed by atoms with Crippen molar-refractivity contribution >= 4 is 22.2 Å². The Bertz CT molecular complexity index is 804. The van der Waals surface area contributed by atoms with Crippen molar-refractivity contribution in [3.63, 3.8) is 0 Å². The van der Waals surface area contributed by atoms with Crippen LogP contribution >= 0.6 is 11.3 Å². The van der Waals surface area contributed by atoms with Crippen LogP contribution in [0.2, 0.25) is 0 Å². The highest BCUT2D eigenvalue weighted by molar-refractivity contribution is 7.19. The normalized spacial score (nSPS) is 12.7. The lowest BCUT2D eigenvalue weighted by molar-refractivity contribution is 0.0935. The molecule has 0 aliphatic carbocycles. The lowest BCUT2D eigenvalue weighted by Gasteiger charge is -2.21. The molecule has 1 amide bonds. The number of carbonyl (C=O) groups excluding carboxylic acids is 1. The minimum Gasteiger partial charge on any atom is -0.344 e. The number of benzene rings is 1. The molecule has 1 aromatic carbocycles. The Labute approximate surface area is 140 Å². The van der Waals surface area contributed by atoms with E-state index in [1.54, 1.807) is 6.20 Å². The molecule has 3 rings (SSSR count). The molecule has 23 heavy (non-hydrogen) atoms. The number of thiazole rings is 1. The van der Waals surface area contributed by atoms with E-state index < -0.39 is 0 Å². The average molecular weight is 327 g/mol. The van der Waals surface area contributed by atoms with Crippen molar-refractivity contribution in [3.05, 3.63) is 58.9 Å². The Morgan fingerprint density at radius 2 is 2.04 bits per heavy atom. The van der Waals surface area contributed by atoms with Crippen LogP contribution in [0, 0.1) is 12.8 Å². The molecule has 0 fully saturated rings. The first-order valence-corrected chi connectivity index (χ1v) is 8.66. The number of nitrogens with zero attached hydrogens (tertiary/aromatic N) is 2. The summed E-state index contributed by atoms with van der Waals surface area (Å²) >= 11 is 1.43. The van der Waals surface area contributed by atoms with E-state index in [0.717, 1.165) is 27.5 Å². The maximum Gasteiger partial charge on any atom is 0.263 e. The predicted molar refractivity (Wildman–Crippen MR) is 93.9 cm³/mol. The molecular formula is C18H21N3OS. The van der Waals surface area contributed by atoms with Gasteiger partial charge < -0.3 is 5.32 Å². The van der Waals surface area contributed by atoms with Gasteiger partial charge >= 0.3 is 0 Å². The quantitative estimate of drug-likeness (QED) is 0.762. The number of imidazole rings is 1. The first-order chi connectivity index (χ1) is 11.1. The summed E-state index contributed by atoms with van der Waals surface area (Å²) in [5.74, 6) is 0.481. The van der Waals surface area contributed by atoms with E-state index in [4.69, 9.17) is 0 Å². The molecule has 0 bridgehead atoms. The minimum atomic E-state index is -0.0208. The molecule has 1 atom stereocenters. The SMILES string of the molecule is Cc1c(C(=O)N[C@H](CC(C)C)c2ccccc2)sc2nccn12. The zero-order valence-corrected chi connectivity index (χ0v) is 14.4. The molecule has 0 aliphatic heterocycles. The second-order valence-corrected chi connectivity index (χ2v) is 7.14. The Hall–Kier alpha value is -2.14. The van der Waals surface area contributed by atoms with Crippen molar-refractivity contribution in [2.45, 2.75) is 33.2 Å². The second-order valence-electron chi connectivity index (χ2n) is 6.16. The van der Waals surface area contributed by atoms with Gasteiger partial charge in [-0.2, -0.15) is 0 Å². The van der Waals surface area contributed by atoms with E-state index in [0.29, 0.717) is 5.92 Å². The number of hydrogen-bond donors (Lipinski definition) is 1. The van der Waals surface area contributed by atoms with Crippen LogP contribution in [0.15, 0.2) is 42.7 Å². The largest absolute Gasteiger partial charge is 0.344 e. The Morgan fingerprint density at radius 3 is 2.70 bits per heavy atom. The number of aromatic nitrogens is 2. The van der Waals surface area contributed by atoms with E-state index in [1.165, 1.54) is 11.3 Å². The van der Waals surface area contributed by atoms with E-state index in [-0.39, 0.29) is 11.9 Å². The topological polar surface area (TPSA) is 46.4 Å². The average Bonchev–Trinajstić information content (AvgIpc) is 3.10. The Balaban J connectivity index is 1.85. The van der Waals surface area contributed by atoms with Gasteiger partial charge in [0.2, 0.25) is 0 Å². The maximum atomic E-state index is 12.8. The van der Waals surface area contributed by atoms with Gasteiger partial charge in [-0.25, -0.2) is 4.98 Å². The predicted octanol–water partition coefficient (Wildman–Crippen LogP) is 4.22. The number of rotatable bonds is 5. The second kappa shape index (κ2) is 6.54. The van der Waals surface area contributed by atoms with Gasteiger partial charge in [-0.05, 0) is 24.8 Å². The molecule has 0 saturated carbocycles. The molecule has 2 aromatic heterocycles. The number of carbonyl (C=O) groups is 1. The van der Waals surface area contributed by atoms with Crippen LogP contribution in [-0.4, -0.2) is 15.3 Å². The lowest BCUT2D eigenvalue weighted by atomic mass is 9.97. The smallest absolute Gasteiger partial charge is 0.263 e. The maximum absolute atomic E-state index is 12.8. The van der Waals surface area contributed by atoms with Gasteiger partial charge in [-0.15, -0.1) is 0 Å². The minimum absolute atomic E-state index is 0.0208. The van der Waals surface area contributed by atoms with E-state index >= 15 is 0 Å². The number of hydrogen-bond acceptors (Lipinski definition) is 3. The summed E-state index contributed by atoms with van der Waals surface area (Å²) in [5, 5.41) is 3.20. The molecule has 120 valence electrons. The summed E-state index contributed by atoms with van der Waals surface area (Å²) in [4.78, 5) is 18.6. The third kappa shape index (κ3) is 3.29. The first-order valence-electron chi connectivity index (χ1n) is 7.84. The highest BCUT2D eigenvalue weighted by atomic mass is 32.1. The highest BCUT2D eigenvalue weighted by Crippen LogP contribution is 2.25. The van der Waals surface area contributed by atoms with Gasteiger partial charge in [-0.1, -0.05) is 55.5 Å². The zero-order chi connectivity index (χ0) is 16.4. The van der Waals surface area contributed by atoms with Gasteiger partial charge in [0.25, 0.3) is 5.91 Å². The molecule has 2 heterocycles. The van der Waals surface area contributed by atoms with E-state index in [1.807, 2.05) is 35.7 Å². The molecule has 1 N–H and O–H groups in total. The van der Waals surface area contributed by atoms with Crippen LogP contribution in [0.1, 0.15) is 47.2 Å². The molecule has 0 aliphatic rings. The molecular weight excluding hydrogens is 306 g/mol. The molecule has 4 nitrogen and oxygen atoms in total. The first kappa shape index (κ1) is 15.7. The van der Waals surface area contributed by atoms with Gasteiger partial charge in [0, 0.05) is 18.1 Å². The van der Waals surface area contributed by atoms with Crippen molar-refractivity contribution in [1.29, 1.82) is 0 Å². The van der Waals surface area contributed by atoms with Gasteiger partial charge in [0.05, 0.1) is 6.04 Å². The molecule has 3 aromatic rings. The molecule has 0 unspecified atom stereocenters. The fraction of sp³-hybridized carbons (Fsp3) is 0.333.